The fraction of sp³-hybridized carbons (Fsp3) is 0.182. The minimum atomic E-state index is -0.181. The molecule has 0 unspecified atom stereocenters. The van der Waals surface area contributed by atoms with Crippen LogP contribution in [0.15, 0.2) is 24.4 Å². The molecule has 0 radical (unpaired) electrons. The zero-order valence-electron chi connectivity index (χ0n) is 9.11. The first-order valence-electron chi connectivity index (χ1n) is 4.92. The average molecular weight is 216 g/mol. The van der Waals surface area contributed by atoms with Crippen LogP contribution < -0.4 is 5.32 Å². The van der Waals surface area contributed by atoms with Crippen molar-refractivity contribution >= 4 is 11.9 Å². The maximum absolute atomic E-state index is 10.9. The number of amides is 1. The van der Waals surface area contributed by atoms with Crippen molar-refractivity contribution in [3.8, 4) is 11.4 Å². The Kier molecular flexibility index (Phi) is 2.68. The molecule has 0 aromatic carbocycles. The third kappa shape index (κ3) is 2.25. The van der Waals surface area contributed by atoms with E-state index in [9.17, 15) is 4.79 Å². The highest BCUT2D eigenvalue weighted by Crippen LogP contribution is 2.16. The number of carbonyl (C=O) groups excluding carboxylic acids is 1. The number of nitrogens with one attached hydrogen (secondary N) is 2. The lowest BCUT2D eigenvalue weighted by molar-refractivity contribution is -0.114. The van der Waals surface area contributed by atoms with E-state index >= 15 is 0 Å². The lowest BCUT2D eigenvalue weighted by Crippen LogP contribution is -2.09. The van der Waals surface area contributed by atoms with Gasteiger partial charge in [-0.05, 0) is 25.1 Å². The van der Waals surface area contributed by atoms with E-state index in [1.54, 1.807) is 12.3 Å². The molecule has 0 aliphatic heterocycles. The topological polar surface area (TPSA) is 70.7 Å². The second-order valence-electron chi connectivity index (χ2n) is 3.50. The lowest BCUT2D eigenvalue weighted by Gasteiger charge is -2.01. The Balaban J connectivity index is 2.32. The first kappa shape index (κ1) is 10.4. The Labute approximate surface area is 92.9 Å². The standard InChI is InChI=1S/C11H12N4O/c1-7-3-4-9(13-7)10-5-6-12-11(15-10)14-8(2)16/h3-6,13H,1-2H3,(H,12,14,15,16). The van der Waals surface area contributed by atoms with Crippen LogP contribution in [0.1, 0.15) is 12.6 Å². The van der Waals surface area contributed by atoms with Crippen molar-refractivity contribution in [1.29, 1.82) is 0 Å². The summed E-state index contributed by atoms with van der Waals surface area (Å²) in [4.78, 5) is 22.2. The monoisotopic (exact) mass is 216 g/mol. The summed E-state index contributed by atoms with van der Waals surface area (Å²) in [5, 5.41) is 2.55. The molecule has 0 atom stereocenters. The van der Waals surface area contributed by atoms with Crippen LogP contribution in [0.5, 0.6) is 0 Å². The average Bonchev–Trinajstić information content (AvgIpc) is 2.64. The summed E-state index contributed by atoms with van der Waals surface area (Å²) in [7, 11) is 0. The molecule has 0 saturated heterocycles. The first-order chi connectivity index (χ1) is 7.65. The van der Waals surface area contributed by atoms with Crippen molar-refractivity contribution in [2.24, 2.45) is 0 Å². The van der Waals surface area contributed by atoms with Gasteiger partial charge < -0.3 is 4.98 Å². The Hall–Kier alpha value is -2.17. The molecule has 2 aromatic rings. The number of anilines is 1. The van der Waals surface area contributed by atoms with Gasteiger partial charge >= 0.3 is 0 Å². The molecule has 1 amide bonds. The van der Waals surface area contributed by atoms with Crippen LogP contribution in [0, 0.1) is 6.92 Å². The number of aromatic nitrogens is 3. The number of hydrogen-bond donors (Lipinski definition) is 2. The fourth-order valence-electron chi connectivity index (χ4n) is 1.38. The van der Waals surface area contributed by atoms with Gasteiger partial charge in [0.15, 0.2) is 0 Å². The zero-order valence-corrected chi connectivity index (χ0v) is 9.11. The molecule has 5 nitrogen and oxygen atoms in total. The molecular weight excluding hydrogens is 204 g/mol. The smallest absolute Gasteiger partial charge is 0.229 e. The number of nitrogens with zero attached hydrogens (tertiary/aromatic N) is 2. The van der Waals surface area contributed by atoms with Gasteiger partial charge in [0, 0.05) is 18.8 Å². The van der Waals surface area contributed by atoms with E-state index in [0.29, 0.717) is 5.95 Å². The van der Waals surface area contributed by atoms with E-state index < -0.39 is 0 Å². The normalized spacial score (nSPS) is 10.1. The summed E-state index contributed by atoms with van der Waals surface area (Å²) in [6.07, 6.45) is 1.61. The van der Waals surface area contributed by atoms with E-state index in [2.05, 4.69) is 20.3 Å². The van der Waals surface area contributed by atoms with Crippen LogP contribution in [0.4, 0.5) is 5.95 Å². The quantitative estimate of drug-likeness (QED) is 0.803. The molecule has 5 heteroatoms. The minimum Gasteiger partial charge on any atom is -0.357 e. The number of carbonyl (C=O) groups is 1. The molecule has 2 N–H and O–H groups in total. The second-order valence-corrected chi connectivity index (χ2v) is 3.50. The Morgan fingerprint density at radius 1 is 1.38 bits per heavy atom. The van der Waals surface area contributed by atoms with Gasteiger partial charge in [-0.25, -0.2) is 9.97 Å². The van der Waals surface area contributed by atoms with Crippen LogP contribution >= 0.6 is 0 Å². The Morgan fingerprint density at radius 3 is 2.81 bits per heavy atom. The fourth-order valence-corrected chi connectivity index (χ4v) is 1.38. The van der Waals surface area contributed by atoms with Crippen molar-refractivity contribution in [2.75, 3.05) is 5.32 Å². The molecular formula is C11H12N4O. The van der Waals surface area contributed by atoms with Gasteiger partial charge in [0.1, 0.15) is 0 Å². The highest BCUT2D eigenvalue weighted by Gasteiger charge is 2.04. The third-order valence-electron chi connectivity index (χ3n) is 2.05. The number of hydrogen-bond acceptors (Lipinski definition) is 3. The Morgan fingerprint density at radius 2 is 2.19 bits per heavy atom. The van der Waals surface area contributed by atoms with Crippen molar-refractivity contribution in [2.45, 2.75) is 13.8 Å². The van der Waals surface area contributed by atoms with Crippen molar-refractivity contribution in [3.63, 3.8) is 0 Å². The predicted octanol–water partition coefficient (Wildman–Crippen LogP) is 1.74. The van der Waals surface area contributed by atoms with Crippen LogP contribution in [-0.2, 0) is 4.79 Å². The molecule has 2 rings (SSSR count). The largest absolute Gasteiger partial charge is 0.357 e. The summed E-state index contributed by atoms with van der Waals surface area (Å²) in [5.74, 6) is 0.136. The minimum absolute atomic E-state index is 0.181. The van der Waals surface area contributed by atoms with Crippen LogP contribution in [-0.4, -0.2) is 20.9 Å². The molecule has 2 aromatic heterocycles. The van der Waals surface area contributed by atoms with E-state index in [1.165, 1.54) is 6.92 Å². The third-order valence-corrected chi connectivity index (χ3v) is 2.05. The van der Waals surface area contributed by atoms with E-state index in [0.717, 1.165) is 17.1 Å². The van der Waals surface area contributed by atoms with Crippen molar-refractivity contribution in [1.82, 2.24) is 15.0 Å². The molecule has 0 bridgehead atoms. The van der Waals surface area contributed by atoms with E-state index in [1.807, 2.05) is 19.1 Å². The molecule has 0 aliphatic carbocycles. The van der Waals surface area contributed by atoms with Crippen molar-refractivity contribution in [3.05, 3.63) is 30.1 Å². The molecule has 0 saturated carbocycles. The predicted molar refractivity (Wildman–Crippen MR) is 60.9 cm³/mol. The second kappa shape index (κ2) is 4.14. The summed E-state index contributed by atoms with van der Waals surface area (Å²) in [5.41, 5.74) is 2.73. The number of aromatic amines is 1. The van der Waals surface area contributed by atoms with E-state index in [-0.39, 0.29) is 5.91 Å². The van der Waals surface area contributed by atoms with E-state index in [4.69, 9.17) is 0 Å². The molecule has 0 aliphatic rings. The Bertz CT molecular complexity index is 518. The number of rotatable bonds is 2. The summed E-state index contributed by atoms with van der Waals surface area (Å²) in [6, 6.07) is 5.70. The molecule has 0 spiro atoms. The maximum Gasteiger partial charge on any atom is 0.229 e. The first-order valence-corrected chi connectivity index (χ1v) is 4.92. The van der Waals surface area contributed by atoms with Gasteiger partial charge in [0.05, 0.1) is 11.4 Å². The van der Waals surface area contributed by atoms with Crippen molar-refractivity contribution < 1.29 is 4.79 Å². The van der Waals surface area contributed by atoms with Gasteiger partial charge in [-0.3, -0.25) is 10.1 Å². The van der Waals surface area contributed by atoms with Gasteiger partial charge in [0.25, 0.3) is 0 Å². The van der Waals surface area contributed by atoms with Gasteiger partial charge in [-0.15, -0.1) is 0 Å². The van der Waals surface area contributed by atoms with Crippen LogP contribution in [0.25, 0.3) is 11.4 Å². The molecule has 0 fully saturated rings. The zero-order chi connectivity index (χ0) is 11.5. The van der Waals surface area contributed by atoms with Gasteiger partial charge in [-0.2, -0.15) is 0 Å². The summed E-state index contributed by atoms with van der Waals surface area (Å²) < 4.78 is 0. The number of H-pyrrole nitrogens is 1. The highest BCUT2D eigenvalue weighted by molar-refractivity contribution is 5.86. The maximum atomic E-state index is 10.9. The lowest BCUT2D eigenvalue weighted by atomic mass is 10.3. The molecule has 2 heterocycles. The van der Waals surface area contributed by atoms with Crippen LogP contribution in [0.2, 0.25) is 0 Å². The summed E-state index contributed by atoms with van der Waals surface area (Å²) >= 11 is 0. The van der Waals surface area contributed by atoms with Gasteiger partial charge in [0.2, 0.25) is 11.9 Å². The van der Waals surface area contributed by atoms with Gasteiger partial charge in [-0.1, -0.05) is 0 Å². The highest BCUT2D eigenvalue weighted by atomic mass is 16.1. The summed E-state index contributed by atoms with van der Waals surface area (Å²) in [6.45, 7) is 3.40. The molecule has 82 valence electrons. The van der Waals surface area contributed by atoms with Crippen LogP contribution in [0.3, 0.4) is 0 Å². The molecule has 16 heavy (non-hydrogen) atoms. The number of aryl methyl sites for hydroxylation is 1. The SMILES string of the molecule is CC(=O)Nc1nccc(-c2ccc(C)[nH]2)n1.